The second kappa shape index (κ2) is 3.95. The van der Waals surface area contributed by atoms with E-state index in [0.717, 1.165) is 21.7 Å². The highest BCUT2D eigenvalue weighted by atomic mass is 35.5. The van der Waals surface area contributed by atoms with Crippen molar-refractivity contribution in [3.63, 3.8) is 0 Å². The topological polar surface area (TPSA) is 20.2 Å². The van der Waals surface area contributed by atoms with Crippen LogP contribution in [0.3, 0.4) is 0 Å². The van der Waals surface area contributed by atoms with E-state index >= 15 is 0 Å². The molecule has 2 aromatic carbocycles. The van der Waals surface area contributed by atoms with Crippen LogP contribution in [-0.4, -0.2) is 5.11 Å². The van der Waals surface area contributed by atoms with Crippen LogP contribution in [0.2, 0.25) is 5.02 Å². The molecule has 0 aliphatic rings. The Labute approximate surface area is 94.0 Å². The lowest BCUT2D eigenvalue weighted by molar-refractivity contribution is 0.475. The summed E-state index contributed by atoms with van der Waals surface area (Å²) < 4.78 is 0. The van der Waals surface area contributed by atoms with Crippen molar-refractivity contribution in [2.75, 3.05) is 0 Å². The number of phenolic OH excluding ortho intramolecular Hbond substituents is 1. The Kier molecular flexibility index (Phi) is 2.65. The van der Waals surface area contributed by atoms with Gasteiger partial charge in [-0.05, 0) is 47.9 Å². The first-order chi connectivity index (χ1) is 7.15. The Hall–Kier alpha value is -1.47. The van der Waals surface area contributed by atoms with Gasteiger partial charge in [-0.15, -0.1) is 0 Å². The van der Waals surface area contributed by atoms with Gasteiger partial charge in [0.1, 0.15) is 5.75 Å². The lowest BCUT2D eigenvalue weighted by Gasteiger charge is -2.04. The van der Waals surface area contributed by atoms with Crippen molar-refractivity contribution in [3.8, 4) is 16.9 Å². The highest BCUT2D eigenvalue weighted by Gasteiger charge is 2.00. The lowest BCUT2D eigenvalue weighted by Crippen LogP contribution is -1.80. The maximum Gasteiger partial charge on any atom is 0.115 e. The van der Waals surface area contributed by atoms with Crippen LogP contribution in [0.5, 0.6) is 5.75 Å². The summed E-state index contributed by atoms with van der Waals surface area (Å²) in [5, 5.41) is 9.92. The zero-order chi connectivity index (χ0) is 10.8. The number of halogens is 1. The van der Waals surface area contributed by atoms with Crippen molar-refractivity contribution in [3.05, 3.63) is 53.1 Å². The first-order valence-corrected chi connectivity index (χ1v) is 5.09. The number of rotatable bonds is 1. The molecule has 2 aromatic rings. The summed E-state index contributed by atoms with van der Waals surface area (Å²) >= 11 is 5.98. The highest BCUT2D eigenvalue weighted by molar-refractivity contribution is 6.30. The molecule has 0 fully saturated rings. The predicted molar refractivity (Wildman–Crippen MR) is 63.3 cm³/mol. The van der Waals surface area contributed by atoms with Gasteiger partial charge in [-0.3, -0.25) is 0 Å². The summed E-state index contributed by atoms with van der Waals surface area (Å²) in [5.74, 6) is 0.275. The van der Waals surface area contributed by atoms with Crippen molar-refractivity contribution in [2.45, 2.75) is 6.92 Å². The minimum Gasteiger partial charge on any atom is -0.508 e. The molecule has 0 radical (unpaired) electrons. The Morgan fingerprint density at radius 1 is 0.933 bits per heavy atom. The molecule has 1 N–H and O–H groups in total. The third-order valence-electron chi connectivity index (χ3n) is 2.24. The van der Waals surface area contributed by atoms with Crippen molar-refractivity contribution >= 4 is 11.6 Å². The first-order valence-electron chi connectivity index (χ1n) is 4.72. The summed E-state index contributed by atoms with van der Waals surface area (Å²) in [5.41, 5.74) is 3.25. The number of hydrogen-bond donors (Lipinski definition) is 1. The Morgan fingerprint density at radius 3 is 2.20 bits per heavy atom. The molecule has 0 saturated heterocycles. The molecule has 0 saturated carbocycles. The van der Waals surface area contributed by atoms with Crippen LogP contribution in [0.15, 0.2) is 42.5 Å². The summed E-state index contributed by atoms with van der Waals surface area (Å²) in [6.07, 6.45) is 0. The highest BCUT2D eigenvalue weighted by Crippen LogP contribution is 2.25. The number of aromatic hydroxyl groups is 1. The molecule has 0 atom stereocenters. The molecule has 76 valence electrons. The van der Waals surface area contributed by atoms with E-state index < -0.39 is 0 Å². The average Bonchev–Trinajstić information content (AvgIpc) is 2.17. The van der Waals surface area contributed by atoms with Crippen LogP contribution < -0.4 is 0 Å². The molecule has 0 unspecified atom stereocenters. The molecule has 0 aliphatic heterocycles. The van der Waals surface area contributed by atoms with Gasteiger partial charge in [-0.25, -0.2) is 0 Å². The minimum absolute atomic E-state index is 0.275. The zero-order valence-corrected chi connectivity index (χ0v) is 9.12. The van der Waals surface area contributed by atoms with Crippen molar-refractivity contribution in [1.82, 2.24) is 0 Å². The van der Waals surface area contributed by atoms with Crippen LogP contribution in [0, 0.1) is 6.92 Å². The van der Waals surface area contributed by atoms with Crippen LogP contribution in [0.25, 0.3) is 11.1 Å². The second-order valence-corrected chi connectivity index (χ2v) is 4.00. The van der Waals surface area contributed by atoms with Gasteiger partial charge in [-0.2, -0.15) is 0 Å². The van der Waals surface area contributed by atoms with Crippen molar-refractivity contribution in [1.29, 1.82) is 0 Å². The van der Waals surface area contributed by atoms with Crippen molar-refractivity contribution < 1.29 is 5.11 Å². The Balaban J connectivity index is 2.49. The molecule has 1 nitrogen and oxygen atoms in total. The number of aryl methyl sites for hydroxylation is 1. The third-order valence-corrected chi connectivity index (χ3v) is 2.46. The molecular weight excluding hydrogens is 208 g/mol. The number of hydrogen-bond acceptors (Lipinski definition) is 1. The molecule has 0 bridgehead atoms. The smallest absolute Gasteiger partial charge is 0.115 e. The third kappa shape index (κ3) is 2.31. The summed E-state index contributed by atoms with van der Waals surface area (Å²) in [6, 6.07) is 13.0. The van der Waals surface area contributed by atoms with Gasteiger partial charge in [0.2, 0.25) is 0 Å². The largest absolute Gasteiger partial charge is 0.508 e. The van der Waals surface area contributed by atoms with E-state index in [-0.39, 0.29) is 5.75 Å². The number of phenols is 1. The van der Waals surface area contributed by atoms with Gasteiger partial charge in [0.05, 0.1) is 0 Å². The van der Waals surface area contributed by atoms with Gasteiger partial charge < -0.3 is 5.11 Å². The second-order valence-electron chi connectivity index (χ2n) is 3.56. The lowest BCUT2D eigenvalue weighted by atomic mass is 10.0. The van der Waals surface area contributed by atoms with E-state index in [1.807, 2.05) is 31.2 Å². The first kappa shape index (κ1) is 10.1. The van der Waals surface area contributed by atoms with Crippen LogP contribution in [-0.2, 0) is 0 Å². The van der Waals surface area contributed by atoms with Gasteiger partial charge in [0.25, 0.3) is 0 Å². The molecule has 2 rings (SSSR count). The fraction of sp³-hybridized carbons (Fsp3) is 0.0769. The van der Waals surface area contributed by atoms with Gasteiger partial charge in [0, 0.05) is 5.02 Å². The summed E-state index contributed by atoms with van der Waals surface area (Å²) in [7, 11) is 0. The fourth-order valence-corrected chi connectivity index (χ4v) is 1.85. The Bertz CT molecular complexity index is 454. The van der Waals surface area contributed by atoms with Gasteiger partial charge in [-0.1, -0.05) is 29.8 Å². The van der Waals surface area contributed by atoms with E-state index in [1.165, 1.54) is 0 Å². The molecule has 0 aliphatic carbocycles. The normalized spacial score (nSPS) is 10.3. The molecule has 0 spiro atoms. The SMILES string of the molecule is Cc1cc(Cl)cc(-c2ccc(O)cc2)c1. The number of benzene rings is 2. The Morgan fingerprint density at radius 2 is 1.60 bits per heavy atom. The molecule has 15 heavy (non-hydrogen) atoms. The monoisotopic (exact) mass is 218 g/mol. The summed E-state index contributed by atoms with van der Waals surface area (Å²) in [4.78, 5) is 0. The van der Waals surface area contributed by atoms with E-state index in [0.29, 0.717) is 0 Å². The van der Waals surface area contributed by atoms with Crippen LogP contribution >= 0.6 is 11.6 Å². The maximum atomic E-state index is 9.19. The molecule has 0 aromatic heterocycles. The summed E-state index contributed by atoms with van der Waals surface area (Å²) in [6.45, 7) is 2.01. The zero-order valence-electron chi connectivity index (χ0n) is 8.37. The van der Waals surface area contributed by atoms with E-state index in [1.54, 1.807) is 12.1 Å². The molecule has 2 heteroatoms. The van der Waals surface area contributed by atoms with E-state index in [9.17, 15) is 5.11 Å². The maximum absolute atomic E-state index is 9.19. The quantitative estimate of drug-likeness (QED) is 0.767. The predicted octanol–water partition coefficient (Wildman–Crippen LogP) is 4.02. The van der Waals surface area contributed by atoms with Crippen molar-refractivity contribution in [2.24, 2.45) is 0 Å². The minimum atomic E-state index is 0.275. The molecular formula is C13H11ClO. The van der Waals surface area contributed by atoms with Crippen LogP contribution in [0.1, 0.15) is 5.56 Å². The standard InChI is InChI=1S/C13H11ClO/c1-9-6-11(8-12(14)7-9)10-2-4-13(15)5-3-10/h2-8,15H,1H3. The van der Waals surface area contributed by atoms with Gasteiger partial charge >= 0.3 is 0 Å². The van der Waals surface area contributed by atoms with E-state index in [4.69, 9.17) is 11.6 Å². The average molecular weight is 219 g/mol. The van der Waals surface area contributed by atoms with Gasteiger partial charge in [0.15, 0.2) is 0 Å². The van der Waals surface area contributed by atoms with Crippen LogP contribution in [0.4, 0.5) is 0 Å². The molecule has 0 amide bonds. The van der Waals surface area contributed by atoms with E-state index in [2.05, 4.69) is 6.07 Å². The molecule has 0 heterocycles. The fourth-order valence-electron chi connectivity index (χ4n) is 1.56.